The molecule has 0 aromatic heterocycles. The zero-order valence-corrected chi connectivity index (χ0v) is 8.46. The van der Waals surface area contributed by atoms with Crippen molar-refractivity contribution in [1.82, 2.24) is 4.90 Å². The number of benzene rings is 1. The van der Waals surface area contributed by atoms with Gasteiger partial charge in [0, 0.05) is 11.4 Å². The van der Waals surface area contributed by atoms with Gasteiger partial charge in [-0.25, -0.2) is 0 Å². The minimum Gasteiger partial charge on any atom is -0.395 e. The van der Waals surface area contributed by atoms with Crippen LogP contribution in [0.25, 0.3) is 0 Å². The summed E-state index contributed by atoms with van der Waals surface area (Å²) in [6.45, 7) is 0.439. The second-order valence-electron chi connectivity index (χ2n) is 3.06. The molecule has 1 aliphatic rings. The molecule has 2 rings (SSSR count). The van der Waals surface area contributed by atoms with Crippen molar-refractivity contribution in [3.8, 4) is 0 Å². The molecule has 0 unspecified atom stereocenters. The van der Waals surface area contributed by atoms with Crippen LogP contribution in [-0.2, 0) is 0 Å². The zero-order valence-electron chi connectivity index (χ0n) is 7.64. The van der Waals surface area contributed by atoms with Crippen LogP contribution in [0.4, 0.5) is 0 Å². The van der Waals surface area contributed by atoms with Gasteiger partial charge in [0.25, 0.3) is 5.91 Å². The van der Waals surface area contributed by atoms with E-state index in [1.54, 1.807) is 16.7 Å². The van der Waals surface area contributed by atoms with Gasteiger partial charge in [0.15, 0.2) is 0 Å². The molecule has 0 radical (unpaired) electrons. The van der Waals surface area contributed by atoms with E-state index in [2.05, 4.69) is 0 Å². The molecule has 14 heavy (non-hydrogen) atoms. The van der Waals surface area contributed by atoms with Crippen LogP contribution in [0.3, 0.4) is 0 Å². The molecular weight excluding hydrogens is 198 g/mol. The quantitative estimate of drug-likeness (QED) is 0.795. The molecule has 1 aliphatic heterocycles. The second kappa shape index (κ2) is 4.02. The molecule has 0 aliphatic carbocycles. The maximum atomic E-state index is 11.8. The third kappa shape index (κ3) is 1.63. The molecule has 1 aromatic carbocycles. The summed E-state index contributed by atoms with van der Waals surface area (Å²) in [6.07, 6.45) is 0. The molecule has 0 spiro atoms. The largest absolute Gasteiger partial charge is 0.395 e. The van der Waals surface area contributed by atoms with E-state index < -0.39 is 0 Å². The number of nitrogens with zero attached hydrogens (tertiary/aromatic N) is 1. The van der Waals surface area contributed by atoms with Crippen LogP contribution in [0.5, 0.6) is 0 Å². The predicted molar refractivity (Wildman–Crippen MR) is 55.3 cm³/mol. The Labute approximate surface area is 86.7 Å². The fraction of sp³-hybridized carbons (Fsp3) is 0.300. The highest BCUT2D eigenvalue weighted by atomic mass is 32.2. The standard InChI is InChI=1S/C10H11NO2S/c12-6-5-11-7-14-9-4-2-1-3-8(9)10(11)13/h1-4,12H,5-7H2. The number of amides is 1. The van der Waals surface area contributed by atoms with Gasteiger partial charge in [-0.1, -0.05) is 12.1 Å². The molecule has 1 heterocycles. The lowest BCUT2D eigenvalue weighted by molar-refractivity contribution is 0.0747. The van der Waals surface area contributed by atoms with Gasteiger partial charge in [0.1, 0.15) is 0 Å². The highest BCUT2D eigenvalue weighted by molar-refractivity contribution is 7.99. The third-order valence-electron chi connectivity index (χ3n) is 2.15. The van der Waals surface area contributed by atoms with E-state index in [1.165, 1.54) is 0 Å². The Kier molecular flexibility index (Phi) is 2.74. The van der Waals surface area contributed by atoms with Gasteiger partial charge in [0.2, 0.25) is 0 Å². The maximum Gasteiger partial charge on any atom is 0.255 e. The number of carbonyl (C=O) groups excluding carboxylic acids is 1. The van der Waals surface area contributed by atoms with E-state index in [-0.39, 0.29) is 12.5 Å². The number of hydrogen-bond acceptors (Lipinski definition) is 3. The number of aliphatic hydroxyl groups excluding tert-OH is 1. The Morgan fingerprint density at radius 1 is 1.43 bits per heavy atom. The number of fused-ring (bicyclic) bond motifs is 1. The molecule has 1 N–H and O–H groups in total. The van der Waals surface area contributed by atoms with E-state index in [0.29, 0.717) is 12.4 Å². The highest BCUT2D eigenvalue weighted by Gasteiger charge is 2.23. The summed E-state index contributed by atoms with van der Waals surface area (Å²) in [6, 6.07) is 7.57. The first-order valence-electron chi connectivity index (χ1n) is 4.45. The first-order chi connectivity index (χ1) is 6.83. The lowest BCUT2D eigenvalue weighted by Gasteiger charge is -2.27. The summed E-state index contributed by atoms with van der Waals surface area (Å²) < 4.78 is 0. The van der Waals surface area contributed by atoms with Gasteiger partial charge in [-0.05, 0) is 12.1 Å². The van der Waals surface area contributed by atoms with Crippen LogP contribution >= 0.6 is 11.8 Å². The molecule has 3 nitrogen and oxygen atoms in total. The smallest absolute Gasteiger partial charge is 0.255 e. The average molecular weight is 209 g/mol. The van der Waals surface area contributed by atoms with E-state index >= 15 is 0 Å². The van der Waals surface area contributed by atoms with Gasteiger partial charge in [-0.15, -0.1) is 11.8 Å². The van der Waals surface area contributed by atoms with Crippen molar-refractivity contribution in [3.05, 3.63) is 29.8 Å². The monoisotopic (exact) mass is 209 g/mol. The molecule has 74 valence electrons. The number of thioether (sulfide) groups is 1. The van der Waals surface area contributed by atoms with Crippen molar-refractivity contribution in [2.75, 3.05) is 19.0 Å². The molecule has 0 bridgehead atoms. The van der Waals surface area contributed by atoms with Crippen molar-refractivity contribution >= 4 is 17.7 Å². The van der Waals surface area contributed by atoms with Gasteiger partial charge in [-0.2, -0.15) is 0 Å². The summed E-state index contributed by atoms with van der Waals surface area (Å²) in [4.78, 5) is 14.5. The first-order valence-corrected chi connectivity index (χ1v) is 5.43. The minimum absolute atomic E-state index is 0.0217. The topological polar surface area (TPSA) is 40.5 Å². The maximum absolute atomic E-state index is 11.8. The third-order valence-corrected chi connectivity index (χ3v) is 3.26. The van der Waals surface area contributed by atoms with Crippen molar-refractivity contribution in [2.45, 2.75) is 4.90 Å². The summed E-state index contributed by atoms with van der Waals surface area (Å²) in [5, 5.41) is 8.78. The number of carbonyl (C=O) groups is 1. The van der Waals surface area contributed by atoms with Gasteiger partial charge < -0.3 is 10.0 Å². The molecule has 0 saturated heterocycles. The molecule has 0 saturated carbocycles. The van der Waals surface area contributed by atoms with Crippen LogP contribution in [0.1, 0.15) is 10.4 Å². The average Bonchev–Trinajstić information content (AvgIpc) is 2.23. The van der Waals surface area contributed by atoms with Crippen molar-refractivity contribution < 1.29 is 9.90 Å². The van der Waals surface area contributed by atoms with Crippen molar-refractivity contribution in [3.63, 3.8) is 0 Å². The Morgan fingerprint density at radius 2 is 2.21 bits per heavy atom. The van der Waals surface area contributed by atoms with E-state index in [4.69, 9.17) is 5.11 Å². The van der Waals surface area contributed by atoms with Gasteiger partial charge >= 0.3 is 0 Å². The predicted octanol–water partition coefficient (Wildman–Crippen LogP) is 1.18. The Hall–Kier alpha value is -1.00. The molecule has 4 heteroatoms. The number of rotatable bonds is 2. The summed E-state index contributed by atoms with van der Waals surface area (Å²) in [5.41, 5.74) is 0.747. The van der Waals surface area contributed by atoms with E-state index in [1.807, 2.05) is 24.3 Å². The van der Waals surface area contributed by atoms with Crippen LogP contribution in [0.2, 0.25) is 0 Å². The lowest BCUT2D eigenvalue weighted by atomic mass is 10.2. The highest BCUT2D eigenvalue weighted by Crippen LogP contribution is 2.29. The number of β-amino-alcohol motifs (C(OH)–C–C–N with tert-alkyl or cyclic N) is 1. The number of aliphatic hydroxyl groups is 1. The lowest BCUT2D eigenvalue weighted by Crippen LogP contribution is -2.36. The molecular formula is C10H11NO2S. The Morgan fingerprint density at radius 3 is 3.00 bits per heavy atom. The molecule has 0 atom stereocenters. The fourth-order valence-corrected chi connectivity index (χ4v) is 2.46. The Bertz CT molecular complexity index is 354. The Balaban J connectivity index is 2.27. The van der Waals surface area contributed by atoms with Crippen LogP contribution in [0, 0.1) is 0 Å². The fourth-order valence-electron chi connectivity index (χ4n) is 1.43. The molecule has 0 fully saturated rings. The first kappa shape index (κ1) is 9.55. The minimum atomic E-state index is 0.0217. The van der Waals surface area contributed by atoms with Crippen LogP contribution in [0.15, 0.2) is 29.2 Å². The van der Waals surface area contributed by atoms with Crippen molar-refractivity contribution in [1.29, 1.82) is 0 Å². The van der Waals surface area contributed by atoms with Gasteiger partial charge in [0.05, 0.1) is 18.0 Å². The second-order valence-corrected chi connectivity index (χ2v) is 4.05. The molecule has 1 aromatic rings. The summed E-state index contributed by atoms with van der Waals surface area (Å²) in [5.74, 6) is 0.657. The summed E-state index contributed by atoms with van der Waals surface area (Å²) >= 11 is 1.63. The zero-order chi connectivity index (χ0) is 9.97. The van der Waals surface area contributed by atoms with E-state index in [0.717, 1.165) is 10.5 Å². The number of hydrogen-bond donors (Lipinski definition) is 1. The molecule has 1 amide bonds. The van der Waals surface area contributed by atoms with Crippen LogP contribution in [-0.4, -0.2) is 34.9 Å². The van der Waals surface area contributed by atoms with Crippen molar-refractivity contribution in [2.24, 2.45) is 0 Å². The van der Waals surface area contributed by atoms with Gasteiger partial charge in [-0.3, -0.25) is 4.79 Å². The van der Waals surface area contributed by atoms with Crippen LogP contribution < -0.4 is 0 Å². The normalized spacial score (nSPS) is 15.5. The summed E-state index contributed by atoms with van der Waals surface area (Å²) in [7, 11) is 0. The van der Waals surface area contributed by atoms with E-state index in [9.17, 15) is 4.79 Å². The SMILES string of the molecule is O=C1c2ccccc2SCN1CCO.